The van der Waals surface area contributed by atoms with E-state index in [4.69, 9.17) is 0 Å². The number of hydrogen-bond donors (Lipinski definition) is 2. The second kappa shape index (κ2) is 6.19. The lowest BCUT2D eigenvalue weighted by molar-refractivity contribution is -0.235. The van der Waals surface area contributed by atoms with E-state index in [2.05, 4.69) is 32.8 Å². The Hall–Kier alpha value is -0.120. The van der Waals surface area contributed by atoms with Gasteiger partial charge in [0.25, 0.3) is 0 Å². The maximum Gasteiger partial charge on any atom is 0.0933 e. The molecule has 3 nitrogen and oxygen atoms in total. The smallest absolute Gasteiger partial charge is 0.0933 e. The number of fused-ring (bicyclic) bond motifs is 5. The summed E-state index contributed by atoms with van der Waals surface area (Å²) in [5, 5.41) is 21.7. The lowest BCUT2D eigenvalue weighted by Crippen LogP contribution is -2.65. The zero-order valence-corrected chi connectivity index (χ0v) is 17.7. The fraction of sp³-hybridized carbons (Fsp3) is 1.00. The van der Waals surface area contributed by atoms with Crippen LogP contribution >= 0.6 is 0 Å². The molecule has 0 spiro atoms. The van der Waals surface area contributed by atoms with Gasteiger partial charge in [-0.05, 0) is 108 Å². The Bertz CT molecular complexity index is 546. The molecule has 0 bridgehead atoms. The molecule has 4 aliphatic rings. The van der Waals surface area contributed by atoms with Crippen molar-refractivity contribution in [1.82, 2.24) is 4.90 Å². The van der Waals surface area contributed by atoms with E-state index in [1.54, 1.807) is 0 Å². The van der Waals surface area contributed by atoms with Crippen LogP contribution in [0.25, 0.3) is 0 Å². The minimum Gasteiger partial charge on any atom is -0.390 e. The van der Waals surface area contributed by atoms with Crippen molar-refractivity contribution < 1.29 is 10.2 Å². The highest BCUT2D eigenvalue weighted by Gasteiger charge is 2.63. The van der Waals surface area contributed by atoms with Crippen LogP contribution in [-0.2, 0) is 0 Å². The number of hydrogen-bond acceptors (Lipinski definition) is 3. The zero-order valence-electron chi connectivity index (χ0n) is 17.7. The summed E-state index contributed by atoms with van der Waals surface area (Å²) >= 11 is 0. The second-order valence-electron chi connectivity index (χ2n) is 11.2. The van der Waals surface area contributed by atoms with Gasteiger partial charge in [-0.3, -0.25) is 0 Å². The number of aliphatic hydroxyl groups is 2. The third kappa shape index (κ3) is 2.49. The zero-order chi connectivity index (χ0) is 18.9. The Kier molecular flexibility index (Phi) is 4.57. The summed E-state index contributed by atoms with van der Waals surface area (Å²) in [7, 11) is 4.50. The van der Waals surface area contributed by atoms with Crippen LogP contribution in [0.2, 0.25) is 0 Å². The van der Waals surface area contributed by atoms with Crippen molar-refractivity contribution in [1.29, 1.82) is 0 Å². The quantitative estimate of drug-likeness (QED) is 0.738. The molecule has 3 heteroatoms. The molecule has 0 aliphatic heterocycles. The van der Waals surface area contributed by atoms with Crippen LogP contribution in [0.5, 0.6) is 0 Å². The first-order valence-electron chi connectivity index (χ1n) is 11.2. The molecule has 0 aromatic rings. The molecular weight excluding hydrogens is 322 g/mol. The Morgan fingerprint density at radius 2 is 1.58 bits per heavy atom. The maximum absolute atomic E-state index is 11.2. The molecule has 4 saturated carbocycles. The van der Waals surface area contributed by atoms with Crippen LogP contribution in [0.4, 0.5) is 0 Å². The predicted octanol–water partition coefficient (Wildman–Crippen LogP) is 4.07. The highest BCUT2D eigenvalue weighted by Crippen LogP contribution is 2.67. The minimum absolute atomic E-state index is 0.115. The van der Waals surface area contributed by atoms with E-state index >= 15 is 0 Å². The summed E-state index contributed by atoms with van der Waals surface area (Å²) in [6.07, 6.45) is 10.5. The van der Waals surface area contributed by atoms with Crippen LogP contribution < -0.4 is 0 Å². The van der Waals surface area contributed by atoms with Gasteiger partial charge in [-0.2, -0.15) is 0 Å². The van der Waals surface area contributed by atoms with Crippen LogP contribution in [0.1, 0.15) is 78.6 Å². The largest absolute Gasteiger partial charge is 0.390 e. The van der Waals surface area contributed by atoms with Gasteiger partial charge in [-0.25, -0.2) is 0 Å². The summed E-state index contributed by atoms with van der Waals surface area (Å²) in [4.78, 5) is 2.45. The second-order valence-corrected chi connectivity index (χ2v) is 11.2. The molecule has 2 N–H and O–H groups in total. The lowest BCUT2D eigenvalue weighted by atomic mass is 9.41. The molecule has 0 radical (unpaired) electrons. The van der Waals surface area contributed by atoms with Gasteiger partial charge in [0.1, 0.15) is 0 Å². The van der Waals surface area contributed by atoms with E-state index < -0.39 is 11.7 Å². The molecule has 0 heterocycles. The van der Waals surface area contributed by atoms with Gasteiger partial charge in [0.15, 0.2) is 0 Å². The molecule has 4 fully saturated rings. The molecule has 4 rings (SSSR count). The SMILES string of the molecule is CN(C)C1CCC2(C)C(CCC3C2CCC2(C)C3CCC(O)C2(C)O)C1. The molecule has 9 unspecified atom stereocenters. The van der Waals surface area contributed by atoms with E-state index in [1.165, 1.54) is 38.5 Å². The van der Waals surface area contributed by atoms with Gasteiger partial charge in [0.2, 0.25) is 0 Å². The van der Waals surface area contributed by atoms with E-state index in [0.717, 1.165) is 43.1 Å². The van der Waals surface area contributed by atoms with E-state index in [-0.39, 0.29) is 5.41 Å². The van der Waals surface area contributed by atoms with Crippen molar-refractivity contribution in [3.8, 4) is 0 Å². The number of nitrogens with zero attached hydrogens (tertiary/aromatic N) is 1. The predicted molar refractivity (Wildman–Crippen MR) is 106 cm³/mol. The summed E-state index contributed by atoms with van der Waals surface area (Å²) in [6.45, 7) is 6.81. The first-order valence-corrected chi connectivity index (χ1v) is 11.2. The number of aliphatic hydroxyl groups excluding tert-OH is 1. The average Bonchev–Trinajstić information content (AvgIpc) is 2.58. The first-order chi connectivity index (χ1) is 12.1. The van der Waals surface area contributed by atoms with Crippen LogP contribution in [-0.4, -0.2) is 47.0 Å². The molecule has 26 heavy (non-hydrogen) atoms. The third-order valence-electron chi connectivity index (χ3n) is 10.3. The maximum atomic E-state index is 11.2. The van der Waals surface area contributed by atoms with Gasteiger partial charge in [-0.1, -0.05) is 13.8 Å². The van der Waals surface area contributed by atoms with Crippen molar-refractivity contribution >= 4 is 0 Å². The van der Waals surface area contributed by atoms with Crippen molar-refractivity contribution in [2.75, 3.05) is 14.1 Å². The van der Waals surface area contributed by atoms with Gasteiger partial charge in [-0.15, -0.1) is 0 Å². The van der Waals surface area contributed by atoms with Crippen molar-refractivity contribution in [3.63, 3.8) is 0 Å². The standard InChI is InChI=1S/C23H41NO2/c1-21-12-10-16(24(4)5)14-15(21)6-7-17-18(21)11-13-22(2)19(17)8-9-20(25)23(22,3)26/h15-20,25-26H,6-14H2,1-5H3. The number of rotatable bonds is 1. The molecule has 150 valence electrons. The first kappa shape index (κ1) is 19.2. The highest BCUT2D eigenvalue weighted by molar-refractivity contribution is 5.13. The van der Waals surface area contributed by atoms with Crippen LogP contribution in [0.15, 0.2) is 0 Å². The summed E-state index contributed by atoms with van der Waals surface area (Å²) in [5.74, 6) is 3.05. The Labute approximate surface area is 160 Å². The van der Waals surface area contributed by atoms with Crippen LogP contribution in [0.3, 0.4) is 0 Å². The van der Waals surface area contributed by atoms with Crippen LogP contribution in [0, 0.1) is 34.5 Å². The highest BCUT2D eigenvalue weighted by atomic mass is 16.3. The Morgan fingerprint density at radius 1 is 0.846 bits per heavy atom. The monoisotopic (exact) mass is 363 g/mol. The fourth-order valence-electron chi connectivity index (χ4n) is 8.18. The molecular formula is C23H41NO2. The summed E-state index contributed by atoms with van der Waals surface area (Å²) < 4.78 is 0. The average molecular weight is 364 g/mol. The van der Waals surface area contributed by atoms with Crippen molar-refractivity contribution in [2.45, 2.75) is 96.3 Å². The van der Waals surface area contributed by atoms with Gasteiger partial charge < -0.3 is 15.1 Å². The molecule has 9 atom stereocenters. The van der Waals surface area contributed by atoms with E-state index in [9.17, 15) is 10.2 Å². The minimum atomic E-state index is -0.929. The molecule has 0 aromatic heterocycles. The molecule has 0 saturated heterocycles. The van der Waals surface area contributed by atoms with Gasteiger partial charge in [0.05, 0.1) is 11.7 Å². The van der Waals surface area contributed by atoms with Gasteiger partial charge >= 0.3 is 0 Å². The van der Waals surface area contributed by atoms with E-state index in [0.29, 0.717) is 11.3 Å². The molecule has 0 amide bonds. The fourth-order valence-corrected chi connectivity index (χ4v) is 8.18. The van der Waals surface area contributed by atoms with Crippen molar-refractivity contribution in [3.05, 3.63) is 0 Å². The Morgan fingerprint density at radius 3 is 2.27 bits per heavy atom. The van der Waals surface area contributed by atoms with E-state index in [1.807, 2.05) is 6.92 Å². The van der Waals surface area contributed by atoms with Crippen molar-refractivity contribution in [2.24, 2.45) is 34.5 Å². The third-order valence-corrected chi connectivity index (χ3v) is 10.3. The summed E-state index contributed by atoms with van der Waals surface area (Å²) in [5.41, 5.74) is -0.546. The Balaban J connectivity index is 1.60. The summed E-state index contributed by atoms with van der Waals surface area (Å²) in [6, 6.07) is 0.768. The lowest BCUT2D eigenvalue weighted by Gasteiger charge is -2.66. The normalized spacial score (nSPS) is 57.2. The molecule has 0 aromatic carbocycles. The topological polar surface area (TPSA) is 43.7 Å². The molecule has 4 aliphatic carbocycles. The van der Waals surface area contributed by atoms with Gasteiger partial charge in [0, 0.05) is 11.5 Å².